The Kier molecular flexibility index (Phi) is 4.09. The van der Waals surface area contributed by atoms with Crippen molar-refractivity contribution in [3.05, 3.63) is 35.8 Å². The zero-order valence-electron chi connectivity index (χ0n) is 14.5. The molecule has 8 heteroatoms. The van der Waals surface area contributed by atoms with Crippen LogP contribution < -0.4 is 0 Å². The maximum atomic E-state index is 12.5. The van der Waals surface area contributed by atoms with Gasteiger partial charge in [-0.2, -0.15) is 0 Å². The molecule has 2 aromatic rings. The van der Waals surface area contributed by atoms with Crippen LogP contribution in [0.3, 0.4) is 0 Å². The largest absolute Gasteiger partial charge is 0.472 e. The molecule has 134 valence electrons. The van der Waals surface area contributed by atoms with Gasteiger partial charge in [0, 0.05) is 25.7 Å². The lowest BCUT2D eigenvalue weighted by atomic mass is 10.1. The van der Waals surface area contributed by atoms with Gasteiger partial charge in [-0.05, 0) is 26.3 Å². The average Bonchev–Trinajstić information content (AvgIpc) is 3.32. The Morgan fingerprint density at radius 1 is 1.36 bits per heavy atom. The highest BCUT2D eigenvalue weighted by molar-refractivity contribution is 5.93. The molecule has 4 heterocycles. The number of aromatic nitrogens is 3. The number of amides is 1. The van der Waals surface area contributed by atoms with Crippen molar-refractivity contribution in [1.82, 2.24) is 24.6 Å². The van der Waals surface area contributed by atoms with E-state index in [1.165, 1.54) is 12.5 Å². The summed E-state index contributed by atoms with van der Waals surface area (Å²) in [7, 11) is 0. The molecule has 25 heavy (non-hydrogen) atoms. The van der Waals surface area contributed by atoms with E-state index in [2.05, 4.69) is 33.5 Å². The lowest BCUT2D eigenvalue weighted by molar-refractivity contribution is 0.0703. The minimum atomic E-state index is -0.330. The third-order valence-corrected chi connectivity index (χ3v) is 5.12. The molecular formula is C17H23N5O3. The highest BCUT2D eigenvalue weighted by Crippen LogP contribution is 2.33. The van der Waals surface area contributed by atoms with Crippen LogP contribution in [0, 0.1) is 0 Å². The molecule has 4 rings (SSSR count). The second-order valence-corrected chi connectivity index (χ2v) is 7.06. The zero-order valence-corrected chi connectivity index (χ0v) is 14.5. The number of nitrogens with zero attached hydrogens (tertiary/aromatic N) is 5. The monoisotopic (exact) mass is 345 g/mol. The Balaban J connectivity index is 1.55. The van der Waals surface area contributed by atoms with Gasteiger partial charge >= 0.3 is 0 Å². The molecule has 0 radical (unpaired) electrons. The van der Waals surface area contributed by atoms with E-state index in [1.807, 2.05) is 0 Å². The molecule has 0 spiro atoms. The van der Waals surface area contributed by atoms with Crippen molar-refractivity contribution in [3.8, 4) is 0 Å². The molecule has 2 aromatic heterocycles. The Hall–Kier alpha value is -2.19. The number of aliphatic hydroxyl groups is 1. The molecule has 8 nitrogen and oxygen atoms in total. The smallest absolute Gasteiger partial charge is 0.257 e. The van der Waals surface area contributed by atoms with Crippen LogP contribution in [0.25, 0.3) is 0 Å². The van der Waals surface area contributed by atoms with Crippen LogP contribution in [-0.2, 0) is 13.1 Å². The molecule has 1 fully saturated rings. The van der Waals surface area contributed by atoms with E-state index in [1.54, 1.807) is 11.0 Å². The van der Waals surface area contributed by atoms with Gasteiger partial charge in [-0.25, -0.2) is 0 Å². The number of furan rings is 1. The first-order valence-corrected chi connectivity index (χ1v) is 8.72. The number of carbonyl (C=O) groups excluding carboxylic acids is 1. The van der Waals surface area contributed by atoms with E-state index in [-0.39, 0.29) is 18.1 Å². The van der Waals surface area contributed by atoms with E-state index in [0.717, 1.165) is 11.6 Å². The topological polar surface area (TPSA) is 87.6 Å². The molecule has 0 bridgehead atoms. The molecule has 2 aliphatic heterocycles. The number of hydrogen-bond donors (Lipinski definition) is 1. The second kappa shape index (κ2) is 6.27. The molecule has 2 atom stereocenters. The number of fused-ring (bicyclic) bond motifs is 1. The van der Waals surface area contributed by atoms with E-state index < -0.39 is 0 Å². The van der Waals surface area contributed by atoms with Gasteiger partial charge in [0.2, 0.25) is 0 Å². The predicted molar refractivity (Wildman–Crippen MR) is 88.7 cm³/mol. The Labute approximate surface area is 146 Å². The molecule has 0 aromatic carbocycles. The van der Waals surface area contributed by atoms with Crippen LogP contribution in [0.2, 0.25) is 0 Å². The summed E-state index contributed by atoms with van der Waals surface area (Å²) in [6, 6.07) is 2.08. The van der Waals surface area contributed by atoms with Crippen molar-refractivity contribution in [2.75, 3.05) is 13.1 Å². The van der Waals surface area contributed by atoms with Crippen LogP contribution in [-0.4, -0.2) is 60.8 Å². The summed E-state index contributed by atoms with van der Waals surface area (Å²) in [5.74, 6) is 1.64. The lowest BCUT2D eigenvalue weighted by Gasteiger charge is -2.31. The Morgan fingerprint density at radius 2 is 2.20 bits per heavy atom. The highest BCUT2D eigenvalue weighted by Gasteiger charge is 2.38. The van der Waals surface area contributed by atoms with Gasteiger partial charge in [0.1, 0.15) is 6.26 Å². The zero-order chi connectivity index (χ0) is 17.6. The standard InChI is InChI=1S/C17H23N5O3/c1-11(2)22-8-13(23)7-14(22)16-19-18-15-9-20(4-5-21(15)16)17(24)12-3-6-25-10-12/h3,6,10-11,13-14,23H,4-5,7-9H2,1-2H3/t13-,14+/m1/s1. The summed E-state index contributed by atoms with van der Waals surface area (Å²) in [6.07, 6.45) is 3.31. The van der Waals surface area contributed by atoms with Crippen molar-refractivity contribution in [3.63, 3.8) is 0 Å². The van der Waals surface area contributed by atoms with Crippen LogP contribution in [0.1, 0.15) is 48.3 Å². The van der Waals surface area contributed by atoms with E-state index in [0.29, 0.717) is 44.2 Å². The minimum Gasteiger partial charge on any atom is -0.472 e. The van der Waals surface area contributed by atoms with Crippen molar-refractivity contribution in [1.29, 1.82) is 0 Å². The molecular weight excluding hydrogens is 322 g/mol. The summed E-state index contributed by atoms with van der Waals surface area (Å²) in [6.45, 7) is 6.63. The van der Waals surface area contributed by atoms with Crippen LogP contribution in [0.5, 0.6) is 0 Å². The summed E-state index contributed by atoms with van der Waals surface area (Å²) >= 11 is 0. The maximum absolute atomic E-state index is 12.5. The first kappa shape index (κ1) is 16.3. The van der Waals surface area contributed by atoms with E-state index in [4.69, 9.17) is 4.42 Å². The summed E-state index contributed by atoms with van der Waals surface area (Å²) in [5.41, 5.74) is 0.554. The number of carbonyl (C=O) groups is 1. The van der Waals surface area contributed by atoms with Crippen LogP contribution in [0.15, 0.2) is 23.0 Å². The van der Waals surface area contributed by atoms with Crippen molar-refractivity contribution in [2.45, 2.75) is 51.5 Å². The number of likely N-dealkylation sites (tertiary alicyclic amines) is 1. The first-order valence-electron chi connectivity index (χ1n) is 8.72. The maximum Gasteiger partial charge on any atom is 0.257 e. The molecule has 0 saturated carbocycles. The van der Waals surface area contributed by atoms with E-state index in [9.17, 15) is 9.90 Å². The minimum absolute atomic E-state index is 0.0513. The number of hydrogen-bond acceptors (Lipinski definition) is 6. The molecule has 0 aliphatic carbocycles. The summed E-state index contributed by atoms with van der Waals surface area (Å²) in [5, 5.41) is 18.8. The van der Waals surface area contributed by atoms with Gasteiger partial charge < -0.3 is 19.0 Å². The van der Waals surface area contributed by atoms with Crippen LogP contribution >= 0.6 is 0 Å². The lowest BCUT2D eigenvalue weighted by Crippen LogP contribution is -2.39. The SMILES string of the molecule is CC(C)N1C[C@H](O)C[C@H]1c1nnc2n1CCN(C(=O)c1ccoc1)C2. The van der Waals surface area contributed by atoms with Gasteiger partial charge in [-0.15, -0.1) is 10.2 Å². The van der Waals surface area contributed by atoms with Gasteiger partial charge in [0.25, 0.3) is 5.91 Å². The summed E-state index contributed by atoms with van der Waals surface area (Å²) in [4.78, 5) is 16.5. The van der Waals surface area contributed by atoms with Gasteiger partial charge in [0.15, 0.2) is 11.6 Å². The van der Waals surface area contributed by atoms with E-state index >= 15 is 0 Å². The number of rotatable bonds is 3. The molecule has 1 saturated heterocycles. The van der Waals surface area contributed by atoms with Gasteiger partial charge in [-0.1, -0.05) is 0 Å². The predicted octanol–water partition coefficient (Wildman–Crippen LogP) is 1.04. The van der Waals surface area contributed by atoms with Crippen molar-refractivity contribution in [2.24, 2.45) is 0 Å². The molecule has 2 aliphatic rings. The summed E-state index contributed by atoms with van der Waals surface area (Å²) < 4.78 is 7.11. The third kappa shape index (κ3) is 2.85. The number of β-amino-alcohol motifs (C(OH)–C–C–N with tert-alkyl or cyclic N) is 1. The fourth-order valence-corrected chi connectivity index (χ4v) is 3.83. The highest BCUT2D eigenvalue weighted by atomic mass is 16.3. The molecule has 0 unspecified atom stereocenters. The van der Waals surface area contributed by atoms with Crippen LogP contribution in [0.4, 0.5) is 0 Å². The fourth-order valence-electron chi connectivity index (χ4n) is 3.83. The van der Waals surface area contributed by atoms with Crippen molar-refractivity contribution >= 4 is 5.91 Å². The quantitative estimate of drug-likeness (QED) is 0.894. The van der Waals surface area contributed by atoms with Gasteiger partial charge in [0.05, 0.1) is 30.5 Å². The van der Waals surface area contributed by atoms with Crippen molar-refractivity contribution < 1.29 is 14.3 Å². The second-order valence-electron chi connectivity index (χ2n) is 7.06. The number of aliphatic hydroxyl groups excluding tert-OH is 1. The normalized spacial score (nSPS) is 24.1. The fraction of sp³-hybridized carbons (Fsp3) is 0.588. The van der Waals surface area contributed by atoms with Gasteiger partial charge in [-0.3, -0.25) is 9.69 Å². The average molecular weight is 345 g/mol. The third-order valence-electron chi connectivity index (χ3n) is 5.12. The molecule has 1 amide bonds. The Morgan fingerprint density at radius 3 is 2.92 bits per heavy atom. The first-order chi connectivity index (χ1) is 12.0. The Bertz CT molecular complexity index is 754. The molecule has 1 N–H and O–H groups in total.